The van der Waals surface area contributed by atoms with Crippen LogP contribution in [0.15, 0.2) is 52.3 Å². The molecule has 4 rings (SSSR count). The third kappa shape index (κ3) is 3.20. The van der Waals surface area contributed by atoms with Gasteiger partial charge in [0.1, 0.15) is 6.04 Å². The summed E-state index contributed by atoms with van der Waals surface area (Å²) in [5.74, 6) is 2.03. The van der Waals surface area contributed by atoms with Crippen LogP contribution in [-0.2, 0) is 4.79 Å². The molecule has 9 nitrogen and oxygen atoms in total. The highest BCUT2D eigenvalue weighted by Gasteiger charge is 2.34. The van der Waals surface area contributed by atoms with Crippen molar-refractivity contribution in [1.29, 1.82) is 0 Å². The highest BCUT2D eigenvalue weighted by atomic mass is 16.5. The molecule has 0 fully saturated rings. The average Bonchev–Trinajstić information content (AvgIpc) is 3.36. The van der Waals surface area contributed by atoms with E-state index in [2.05, 4.69) is 15.4 Å². The summed E-state index contributed by atoms with van der Waals surface area (Å²) in [5, 5.41) is 7.67. The summed E-state index contributed by atoms with van der Waals surface area (Å²) in [5.41, 5.74) is 7.48. The number of hydrogen-bond donors (Lipinski definition) is 2. The number of rotatable bonds is 6. The van der Waals surface area contributed by atoms with Crippen molar-refractivity contribution >= 4 is 11.9 Å². The van der Waals surface area contributed by atoms with Crippen molar-refractivity contribution in [3.63, 3.8) is 0 Å². The van der Waals surface area contributed by atoms with Crippen LogP contribution in [0.5, 0.6) is 11.5 Å². The summed E-state index contributed by atoms with van der Waals surface area (Å²) >= 11 is 0. The van der Waals surface area contributed by atoms with E-state index in [1.807, 2.05) is 19.1 Å². The first kappa shape index (κ1) is 18.6. The number of hydrogen-bond acceptors (Lipinski definition) is 7. The Bertz CT molecular complexity index is 1080. The maximum absolute atomic E-state index is 12.3. The number of benzene rings is 1. The van der Waals surface area contributed by atoms with E-state index in [4.69, 9.17) is 19.6 Å². The lowest BCUT2D eigenvalue weighted by Gasteiger charge is -2.28. The number of methoxy groups -OCH3 is 1. The van der Waals surface area contributed by atoms with Crippen LogP contribution in [0.2, 0.25) is 0 Å². The molecule has 150 valence electrons. The maximum Gasteiger partial charge on any atom is 0.248 e. The standard InChI is InChI=1S/C20H21N5O4/c1-4-28-13-8-7-12(10-15(13)27-3)17-16(18(21)26)11(2)22-20-23-19(24-25(17)20)14-6-5-9-29-14/h5-10,17H,4H2,1-3H3,(H2,21,26)(H,22,23,24). The summed E-state index contributed by atoms with van der Waals surface area (Å²) in [4.78, 5) is 16.8. The van der Waals surface area contributed by atoms with E-state index in [-0.39, 0.29) is 0 Å². The third-order valence-electron chi connectivity index (χ3n) is 4.66. The molecule has 0 bridgehead atoms. The minimum absolute atomic E-state index is 0.389. The topological polar surface area (TPSA) is 117 Å². The minimum atomic E-state index is -0.579. The molecule has 0 spiro atoms. The number of nitrogens with two attached hydrogens (primary N) is 1. The van der Waals surface area contributed by atoms with Gasteiger partial charge in [0, 0.05) is 5.70 Å². The molecular formula is C20H21N5O4. The molecule has 3 heterocycles. The van der Waals surface area contributed by atoms with Crippen LogP contribution in [0.4, 0.5) is 5.95 Å². The number of nitrogens with one attached hydrogen (secondary N) is 1. The van der Waals surface area contributed by atoms with Crippen LogP contribution in [0, 0.1) is 0 Å². The van der Waals surface area contributed by atoms with Gasteiger partial charge >= 0.3 is 0 Å². The van der Waals surface area contributed by atoms with Crippen LogP contribution in [-0.4, -0.2) is 34.4 Å². The highest BCUT2D eigenvalue weighted by Crippen LogP contribution is 2.39. The zero-order valence-corrected chi connectivity index (χ0v) is 16.3. The Morgan fingerprint density at radius 1 is 1.34 bits per heavy atom. The molecule has 29 heavy (non-hydrogen) atoms. The Morgan fingerprint density at radius 2 is 2.17 bits per heavy atom. The molecule has 1 aliphatic heterocycles. The van der Waals surface area contributed by atoms with Gasteiger partial charge in [0.2, 0.25) is 17.7 Å². The summed E-state index contributed by atoms with van der Waals surface area (Å²) < 4.78 is 18.1. The van der Waals surface area contributed by atoms with Crippen LogP contribution in [0.3, 0.4) is 0 Å². The monoisotopic (exact) mass is 395 g/mol. The SMILES string of the molecule is CCOc1ccc(C2C(C(N)=O)=C(C)Nc3nc(-c4ccco4)nn32)cc1OC. The van der Waals surface area contributed by atoms with Gasteiger partial charge in [0.25, 0.3) is 0 Å². The predicted octanol–water partition coefficient (Wildman–Crippen LogP) is 2.72. The maximum atomic E-state index is 12.3. The molecule has 0 aliphatic carbocycles. The second kappa shape index (κ2) is 7.34. The van der Waals surface area contributed by atoms with Gasteiger partial charge in [-0.1, -0.05) is 6.07 Å². The van der Waals surface area contributed by atoms with Gasteiger partial charge in [-0.15, -0.1) is 5.10 Å². The van der Waals surface area contributed by atoms with Crippen LogP contribution < -0.4 is 20.5 Å². The quantitative estimate of drug-likeness (QED) is 0.659. The van der Waals surface area contributed by atoms with Crippen LogP contribution in [0.25, 0.3) is 11.6 Å². The molecule has 9 heteroatoms. The summed E-state index contributed by atoms with van der Waals surface area (Å²) in [6.45, 7) is 4.19. The van der Waals surface area contributed by atoms with Crippen LogP contribution >= 0.6 is 0 Å². The van der Waals surface area contributed by atoms with Crippen molar-refractivity contribution in [1.82, 2.24) is 14.8 Å². The molecule has 2 aromatic heterocycles. The summed E-state index contributed by atoms with van der Waals surface area (Å²) in [6.07, 6.45) is 1.55. The van der Waals surface area contributed by atoms with E-state index < -0.39 is 11.9 Å². The van der Waals surface area contributed by atoms with Gasteiger partial charge in [-0.3, -0.25) is 4.79 Å². The molecule has 3 aromatic rings. The van der Waals surface area contributed by atoms with Crippen molar-refractivity contribution in [2.24, 2.45) is 5.73 Å². The third-order valence-corrected chi connectivity index (χ3v) is 4.66. The molecule has 0 radical (unpaired) electrons. The Hall–Kier alpha value is -3.75. The summed E-state index contributed by atoms with van der Waals surface area (Å²) in [7, 11) is 1.57. The van der Waals surface area contributed by atoms with Crippen LogP contribution in [0.1, 0.15) is 25.5 Å². The number of ether oxygens (including phenoxy) is 2. The van der Waals surface area contributed by atoms with Gasteiger partial charge in [0.05, 0.1) is 25.6 Å². The Balaban J connectivity index is 1.87. The average molecular weight is 395 g/mol. The number of anilines is 1. The molecule has 1 unspecified atom stereocenters. The first-order valence-electron chi connectivity index (χ1n) is 9.12. The molecular weight excluding hydrogens is 374 g/mol. The molecule has 1 aromatic carbocycles. The largest absolute Gasteiger partial charge is 0.493 e. The smallest absolute Gasteiger partial charge is 0.248 e. The zero-order chi connectivity index (χ0) is 20.5. The first-order chi connectivity index (χ1) is 14.0. The molecule has 1 atom stereocenters. The van der Waals surface area contributed by atoms with Gasteiger partial charge in [-0.2, -0.15) is 4.98 Å². The fourth-order valence-electron chi connectivity index (χ4n) is 3.42. The lowest BCUT2D eigenvalue weighted by Crippen LogP contribution is -2.31. The summed E-state index contributed by atoms with van der Waals surface area (Å²) in [6, 6.07) is 8.43. The molecule has 0 saturated carbocycles. The van der Waals surface area contributed by atoms with Gasteiger partial charge in [-0.25, -0.2) is 4.68 Å². The number of fused-ring (bicyclic) bond motifs is 1. The van der Waals surface area contributed by atoms with Crippen molar-refractivity contribution in [2.75, 3.05) is 19.0 Å². The molecule has 1 aliphatic rings. The van der Waals surface area contributed by atoms with E-state index in [1.165, 1.54) is 0 Å². The molecule has 3 N–H and O–H groups in total. The van der Waals surface area contributed by atoms with Crippen molar-refractivity contribution in [3.05, 3.63) is 53.4 Å². The Morgan fingerprint density at radius 3 is 2.83 bits per heavy atom. The lowest BCUT2D eigenvalue weighted by molar-refractivity contribution is -0.115. The normalized spacial score (nSPS) is 15.6. The Labute approximate surface area is 167 Å². The van der Waals surface area contributed by atoms with E-state index in [0.717, 1.165) is 5.56 Å². The van der Waals surface area contributed by atoms with E-state index in [0.29, 0.717) is 46.9 Å². The number of nitrogens with zero attached hydrogens (tertiary/aromatic N) is 3. The predicted molar refractivity (Wildman–Crippen MR) is 106 cm³/mol. The number of allylic oxidation sites excluding steroid dienone is 1. The minimum Gasteiger partial charge on any atom is -0.493 e. The highest BCUT2D eigenvalue weighted by molar-refractivity contribution is 5.95. The fourth-order valence-corrected chi connectivity index (χ4v) is 3.42. The zero-order valence-electron chi connectivity index (χ0n) is 16.3. The number of carbonyl (C=O) groups is 1. The number of amides is 1. The van der Waals surface area contributed by atoms with Crippen molar-refractivity contribution in [2.45, 2.75) is 19.9 Å². The van der Waals surface area contributed by atoms with E-state index in [1.54, 1.807) is 43.2 Å². The number of primary amides is 1. The molecule has 1 amide bonds. The number of furan rings is 1. The van der Waals surface area contributed by atoms with E-state index in [9.17, 15) is 4.79 Å². The second-order valence-corrected chi connectivity index (χ2v) is 6.45. The van der Waals surface area contributed by atoms with Gasteiger partial charge < -0.3 is 24.9 Å². The second-order valence-electron chi connectivity index (χ2n) is 6.45. The number of carbonyl (C=O) groups excluding carboxylic acids is 1. The van der Waals surface area contributed by atoms with E-state index >= 15 is 0 Å². The Kier molecular flexibility index (Phi) is 4.71. The molecule has 0 saturated heterocycles. The fraction of sp³-hybridized carbons (Fsp3) is 0.250. The lowest BCUT2D eigenvalue weighted by atomic mass is 9.95. The number of aromatic nitrogens is 3. The van der Waals surface area contributed by atoms with Crippen molar-refractivity contribution in [3.8, 4) is 23.1 Å². The van der Waals surface area contributed by atoms with Gasteiger partial charge in [-0.05, 0) is 43.7 Å². The first-order valence-corrected chi connectivity index (χ1v) is 9.12. The van der Waals surface area contributed by atoms with Gasteiger partial charge in [0.15, 0.2) is 17.3 Å². The van der Waals surface area contributed by atoms with Crippen molar-refractivity contribution < 1.29 is 18.7 Å².